The van der Waals surface area contributed by atoms with Gasteiger partial charge in [0.2, 0.25) is 0 Å². The number of nitrogens with zero attached hydrogens (tertiary/aromatic N) is 3. The van der Waals surface area contributed by atoms with Crippen LogP contribution in [-0.4, -0.2) is 12.6 Å². The van der Waals surface area contributed by atoms with Crippen molar-refractivity contribution in [1.29, 1.82) is 0 Å². The number of benzene rings is 7. The second-order valence-corrected chi connectivity index (χ2v) is 13.4. The Balaban J connectivity index is 1.23. The number of fused-ring (bicyclic) bond motifs is 10. The number of allylic oxidation sites excluding steroid dienone is 1. The predicted octanol–water partition coefficient (Wildman–Crippen LogP) is 11.3. The van der Waals surface area contributed by atoms with Crippen molar-refractivity contribution in [3.8, 4) is 22.3 Å². The second kappa shape index (κ2) is 11.5. The van der Waals surface area contributed by atoms with E-state index in [1.807, 2.05) is 30.3 Å². The van der Waals surface area contributed by atoms with Gasteiger partial charge in [0.25, 0.3) is 0 Å². The molecule has 2 aliphatic carbocycles. The van der Waals surface area contributed by atoms with Gasteiger partial charge in [0, 0.05) is 40.2 Å². The summed E-state index contributed by atoms with van der Waals surface area (Å²) in [4.78, 5) is 12.4. The molecule has 1 heterocycles. The van der Waals surface area contributed by atoms with Crippen LogP contribution < -0.4 is 4.90 Å². The molecule has 1 aliphatic heterocycles. The van der Waals surface area contributed by atoms with Crippen LogP contribution in [0.25, 0.3) is 33.5 Å². The standard InChI is InChI=1S/C48H33N3/c1-49-47(33-15-3-2-4-16-33)50-46-40-22-9-13-25-43(40)48(41-23-11-7-19-37(41)38-20-8-12-24-42(38)48)45(46)32-27-29-35(30-28-32)51-31-34-17-5-6-18-36(34)39-21-10-14-26-44(39)51/h2-30H,1,31H2/b50-47-. The van der Waals surface area contributed by atoms with E-state index < -0.39 is 5.41 Å². The Morgan fingerprint density at radius 3 is 1.71 bits per heavy atom. The fraction of sp³-hybridized carbons (Fsp3) is 0.0417. The third-order valence-corrected chi connectivity index (χ3v) is 10.8. The molecule has 3 aliphatic rings. The number of anilines is 2. The zero-order valence-corrected chi connectivity index (χ0v) is 28.0. The fourth-order valence-corrected chi connectivity index (χ4v) is 8.76. The Hall–Kier alpha value is -6.58. The molecule has 0 bridgehead atoms. The van der Waals surface area contributed by atoms with Crippen molar-refractivity contribution in [3.05, 3.63) is 215 Å². The van der Waals surface area contributed by atoms with Gasteiger partial charge in [0.15, 0.2) is 5.84 Å². The summed E-state index contributed by atoms with van der Waals surface area (Å²) in [5.41, 5.74) is 17.3. The van der Waals surface area contributed by atoms with Crippen LogP contribution in [0.2, 0.25) is 0 Å². The smallest absolute Gasteiger partial charge is 0.159 e. The summed E-state index contributed by atoms with van der Waals surface area (Å²) in [7, 11) is 0. The van der Waals surface area contributed by atoms with E-state index in [4.69, 9.17) is 4.99 Å². The first-order valence-electron chi connectivity index (χ1n) is 17.5. The van der Waals surface area contributed by atoms with Gasteiger partial charge >= 0.3 is 0 Å². The molecule has 7 aromatic carbocycles. The molecule has 0 atom stereocenters. The molecule has 0 unspecified atom stereocenters. The Morgan fingerprint density at radius 1 is 0.510 bits per heavy atom. The maximum atomic E-state index is 5.45. The van der Waals surface area contributed by atoms with Crippen LogP contribution in [0.4, 0.5) is 11.4 Å². The van der Waals surface area contributed by atoms with Gasteiger partial charge in [0.05, 0.1) is 11.1 Å². The van der Waals surface area contributed by atoms with Crippen LogP contribution in [0.15, 0.2) is 186 Å². The van der Waals surface area contributed by atoms with Crippen LogP contribution in [0.1, 0.15) is 38.9 Å². The van der Waals surface area contributed by atoms with E-state index in [2.05, 4.69) is 162 Å². The highest BCUT2D eigenvalue weighted by atomic mass is 15.1. The molecule has 0 saturated heterocycles. The van der Waals surface area contributed by atoms with Crippen LogP contribution in [0.5, 0.6) is 0 Å². The molecule has 0 saturated carbocycles. The minimum Gasteiger partial charge on any atom is -0.336 e. The lowest BCUT2D eigenvalue weighted by Gasteiger charge is -2.34. The third kappa shape index (κ3) is 4.25. The molecule has 0 fully saturated rings. The van der Waals surface area contributed by atoms with Gasteiger partial charge in [0.1, 0.15) is 0 Å². The Morgan fingerprint density at radius 2 is 1.04 bits per heavy atom. The summed E-state index contributed by atoms with van der Waals surface area (Å²) in [6, 6.07) is 63.4. The first kappa shape index (κ1) is 29.3. The van der Waals surface area contributed by atoms with Crippen molar-refractivity contribution in [2.75, 3.05) is 4.90 Å². The third-order valence-electron chi connectivity index (χ3n) is 10.8. The molecule has 0 radical (unpaired) electrons. The largest absolute Gasteiger partial charge is 0.336 e. The van der Waals surface area contributed by atoms with E-state index >= 15 is 0 Å². The van der Waals surface area contributed by atoms with E-state index in [0.29, 0.717) is 5.84 Å². The summed E-state index contributed by atoms with van der Waals surface area (Å²) in [5, 5.41) is 0. The van der Waals surface area contributed by atoms with Gasteiger partial charge in [-0.2, -0.15) is 0 Å². The molecule has 10 rings (SSSR count). The molecule has 240 valence electrons. The Bertz CT molecular complexity index is 2530. The average molecular weight is 652 g/mol. The van der Waals surface area contributed by atoms with Crippen LogP contribution in [0, 0.1) is 0 Å². The van der Waals surface area contributed by atoms with Crippen molar-refractivity contribution >= 4 is 35.2 Å². The first-order valence-corrected chi connectivity index (χ1v) is 17.5. The number of aliphatic imine (C=N–C) groups is 2. The molecule has 0 N–H and O–H groups in total. The maximum absolute atomic E-state index is 5.45. The van der Waals surface area contributed by atoms with Crippen LogP contribution >= 0.6 is 0 Å². The van der Waals surface area contributed by atoms with Crippen molar-refractivity contribution in [2.24, 2.45) is 9.98 Å². The van der Waals surface area contributed by atoms with Gasteiger partial charge < -0.3 is 4.90 Å². The lowest BCUT2D eigenvalue weighted by Crippen LogP contribution is -2.26. The van der Waals surface area contributed by atoms with E-state index in [1.165, 1.54) is 50.2 Å². The van der Waals surface area contributed by atoms with E-state index in [9.17, 15) is 0 Å². The quantitative estimate of drug-likeness (QED) is 0.137. The topological polar surface area (TPSA) is 28.0 Å². The molecule has 0 amide bonds. The minimum absolute atomic E-state index is 0.566. The normalized spacial score (nSPS) is 14.8. The van der Waals surface area contributed by atoms with Crippen LogP contribution in [0.3, 0.4) is 0 Å². The first-order chi connectivity index (χ1) is 25.3. The molecule has 1 spiro atoms. The highest BCUT2D eigenvalue weighted by Crippen LogP contribution is 2.64. The average Bonchev–Trinajstić information content (AvgIpc) is 3.67. The minimum atomic E-state index is -0.566. The highest BCUT2D eigenvalue weighted by Gasteiger charge is 2.53. The maximum Gasteiger partial charge on any atom is 0.159 e. The summed E-state index contributed by atoms with van der Waals surface area (Å²) in [5.74, 6) is 0.606. The molecule has 3 heteroatoms. The number of rotatable bonds is 4. The van der Waals surface area contributed by atoms with Crippen molar-refractivity contribution < 1.29 is 0 Å². The molecular formula is C48H33N3. The lowest BCUT2D eigenvalue weighted by molar-refractivity contribution is 0.842. The van der Waals surface area contributed by atoms with E-state index in [0.717, 1.165) is 40.2 Å². The lowest BCUT2D eigenvalue weighted by atomic mass is 9.68. The van der Waals surface area contributed by atoms with Crippen molar-refractivity contribution in [2.45, 2.75) is 12.0 Å². The highest BCUT2D eigenvalue weighted by molar-refractivity contribution is 6.13. The van der Waals surface area contributed by atoms with Crippen molar-refractivity contribution in [3.63, 3.8) is 0 Å². The zero-order chi connectivity index (χ0) is 33.9. The number of amidine groups is 1. The van der Waals surface area contributed by atoms with Gasteiger partial charge in [-0.15, -0.1) is 0 Å². The van der Waals surface area contributed by atoms with Crippen LogP contribution in [-0.2, 0) is 12.0 Å². The number of para-hydroxylation sites is 1. The summed E-state index contributed by atoms with van der Waals surface area (Å²) in [6.07, 6.45) is 0. The molecule has 51 heavy (non-hydrogen) atoms. The van der Waals surface area contributed by atoms with Gasteiger partial charge in [-0.3, -0.25) is 0 Å². The summed E-state index contributed by atoms with van der Waals surface area (Å²) >= 11 is 0. The number of hydrogen-bond acceptors (Lipinski definition) is 2. The molecule has 7 aromatic rings. The van der Waals surface area contributed by atoms with E-state index in [1.54, 1.807) is 0 Å². The summed E-state index contributed by atoms with van der Waals surface area (Å²) < 4.78 is 0. The second-order valence-electron chi connectivity index (χ2n) is 13.4. The van der Waals surface area contributed by atoms with E-state index in [-0.39, 0.29) is 0 Å². The zero-order valence-electron chi connectivity index (χ0n) is 28.0. The van der Waals surface area contributed by atoms with Gasteiger partial charge in [-0.05, 0) is 69.4 Å². The van der Waals surface area contributed by atoms with Gasteiger partial charge in [-0.1, -0.05) is 158 Å². The fourth-order valence-electron chi connectivity index (χ4n) is 8.76. The molecule has 0 aromatic heterocycles. The SMILES string of the molecule is C=N/C(=N\C1=C(c2ccc(N3Cc4ccccc4-c4ccccc43)cc2)C2(c3ccccc31)c1ccccc1-c1ccccc12)c1ccccc1. The monoisotopic (exact) mass is 651 g/mol. The summed E-state index contributed by atoms with van der Waals surface area (Å²) in [6.45, 7) is 4.79. The molecular weight excluding hydrogens is 619 g/mol. The van der Waals surface area contributed by atoms with Gasteiger partial charge in [-0.25, -0.2) is 9.98 Å². The Kier molecular flexibility index (Phi) is 6.62. The van der Waals surface area contributed by atoms with Crippen molar-refractivity contribution in [1.82, 2.24) is 0 Å². The predicted molar refractivity (Wildman–Crippen MR) is 212 cm³/mol. The number of hydrogen-bond donors (Lipinski definition) is 0. The Labute approximate surface area is 298 Å². The molecule has 3 nitrogen and oxygen atoms in total.